The molecule has 12 heteroatoms. The van der Waals surface area contributed by atoms with Crippen molar-refractivity contribution in [2.75, 3.05) is 11.5 Å². The van der Waals surface area contributed by atoms with Crippen molar-refractivity contribution < 1.29 is 24.5 Å². The van der Waals surface area contributed by atoms with Gasteiger partial charge in [-0.25, -0.2) is 15.0 Å². The van der Waals surface area contributed by atoms with Crippen LogP contribution >= 0.6 is 46.0 Å². The summed E-state index contributed by atoms with van der Waals surface area (Å²) in [6, 6.07) is 0. The van der Waals surface area contributed by atoms with Crippen LogP contribution in [-0.4, -0.2) is 70.1 Å². The molecule has 3 rings (SSSR count). The van der Waals surface area contributed by atoms with Crippen LogP contribution in [-0.2, 0) is 14.3 Å². The van der Waals surface area contributed by atoms with Crippen LogP contribution < -0.4 is 0 Å². The first-order chi connectivity index (χ1) is 13.6. The van der Waals surface area contributed by atoms with E-state index in [4.69, 9.17) is 16.3 Å². The zero-order valence-electron chi connectivity index (χ0n) is 15.5. The van der Waals surface area contributed by atoms with Gasteiger partial charge in [-0.3, -0.25) is 14.2 Å². The lowest BCUT2D eigenvalue weighted by Gasteiger charge is -2.37. The van der Waals surface area contributed by atoms with E-state index in [0.717, 1.165) is 13.8 Å². The quantitative estimate of drug-likeness (QED) is 0.173. The number of carbonyl (C=O) groups is 2. The normalized spacial score (nSPS) is 29.3. The number of hydrogen-bond donors (Lipinski definition) is 2. The number of fused-ring (bicyclic) bond motifs is 1. The third-order valence-corrected chi connectivity index (χ3v) is 6.64. The molecule has 2 aromatic heterocycles. The molecule has 156 valence electrons. The van der Waals surface area contributed by atoms with Gasteiger partial charge in [0.2, 0.25) is 5.60 Å². The Morgan fingerprint density at radius 2 is 2.03 bits per heavy atom. The summed E-state index contributed by atoms with van der Waals surface area (Å²) in [5.41, 5.74) is -4.59. The SMILES string of the molecule is C=CCSC[C@H]1O[C@@H](n2cnc3c(Cl)nc(I)nc32)[C@@](O)(C(C)=O)[C@@]1(O)C(C)=O. The van der Waals surface area contributed by atoms with Crippen LogP contribution in [0.2, 0.25) is 5.15 Å². The van der Waals surface area contributed by atoms with E-state index in [0.29, 0.717) is 9.58 Å². The Morgan fingerprint density at radius 1 is 1.38 bits per heavy atom. The Hall–Kier alpha value is -1.12. The largest absolute Gasteiger partial charge is 0.376 e. The Bertz CT molecular complexity index is 1000. The van der Waals surface area contributed by atoms with Gasteiger partial charge in [0.05, 0.1) is 6.33 Å². The lowest BCUT2D eigenvalue weighted by Crippen LogP contribution is -2.66. The molecule has 0 unspecified atom stereocenters. The number of thioether (sulfide) groups is 1. The van der Waals surface area contributed by atoms with Crippen LogP contribution in [0.5, 0.6) is 0 Å². The number of ether oxygens (including phenoxy) is 1. The second kappa shape index (κ2) is 8.19. The fourth-order valence-electron chi connectivity index (χ4n) is 3.44. The average molecular weight is 553 g/mol. The number of hydrogen-bond acceptors (Lipinski definition) is 9. The minimum absolute atomic E-state index is 0.0856. The van der Waals surface area contributed by atoms with E-state index in [9.17, 15) is 19.8 Å². The molecule has 1 aliphatic heterocycles. The second-order valence-electron chi connectivity index (χ2n) is 6.56. The summed E-state index contributed by atoms with van der Waals surface area (Å²) in [5, 5.41) is 22.8. The number of halogens is 2. The van der Waals surface area contributed by atoms with Crippen LogP contribution in [0.25, 0.3) is 11.2 Å². The zero-order chi connectivity index (χ0) is 21.6. The lowest BCUT2D eigenvalue weighted by molar-refractivity contribution is -0.180. The summed E-state index contributed by atoms with van der Waals surface area (Å²) in [7, 11) is 0. The van der Waals surface area contributed by atoms with E-state index in [1.807, 2.05) is 22.6 Å². The number of aromatic nitrogens is 4. The average Bonchev–Trinajstić information content (AvgIpc) is 3.15. The van der Waals surface area contributed by atoms with Crippen molar-refractivity contribution in [2.24, 2.45) is 0 Å². The highest BCUT2D eigenvalue weighted by molar-refractivity contribution is 14.1. The Morgan fingerprint density at radius 3 is 2.62 bits per heavy atom. The van der Waals surface area contributed by atoms with Gasteiger partial charge in [-0.05, 0) is 13.8 Å². The fraction of sp³-hybridized carbons (Fsp3) is 0.471. The third kappa shape index (κ3) is 3.41. The van der Waals surface area contributed by atoms with E-state index in [1.54, 1.807) is 6.08 Å². The van der Waals surface area contributed by atoms with Crippen molar-refractivity contribution in [3.8, 4) is 0 Å². The first-order valence-electron chi connectivity index (χ1n) is 8.45. The van der Waals surface area contributed by atoms with E-state index < -0.39 is 35.1 Å². The van der Waals surface area contributed by atoms with E-state index in [-0.39, 0.29) is 22.1 Å². The minimum atomic E-state index is -2.56. The summed E-state index contributed by atoms with van der Waals surface area (Å²) in [6.07, 6.45) is 0.332. The minimum Gasteiger partial charge on any atom is -0.376 e. The van der Waals surface area contributed by atoms with Crippen LogP contribution in [0.4, 0.5) is 0 Å². The number of carbonyl (C=O) groups excluding carboxylic acids is 2. The van der Waals surface area contributed by atoms with Crippen molar-refractivity contribution >= 4 is 68.7 Å². The summed E-state index contributed by atoms with van der Waals surface area (Å²) in [6.45, 7) is 5.83. The Kier molecular flexibility index (Phi) is 6.37. The topological polar surface area (TPSA) is 127 Å². The molecule has 0 amide bonds. The molecule has 9 nitrogen and oxygen atoms in total. The Balaban J connectivity index is 2.19. The van der Waals surface area contributed by atoms with Crippen molar-refractivity contribution in [3.63, 3.8) is 0 Å². The van der Waals surface area contributed by atoms with Gasteiger partial charge < -0.3 is 14.9 Å². The third-order valence-electron chi connectivity index (χ3n) is 4.88. The maximum absolute atomic E-state index is 12.6. The van der Waals surface area contributed by atoms with Gasteiger partial charge in [0.1, 0.15) is 11.6 Å². The Labute approximate surface area is 189 Å². The standard InChI is InChI=1S/C17H18ClIN4O5S/c1-4-5-29-6-10-16(26,8(2)24)17(27,9(3)25)14(28-10)23-7-20-11-12(18)21-15(19)22-13(11)23/h4,7,10,14,26-27H,1,5-6H2,2-3H3/t10-,14-,16-,17+/m1/s1. The van der Waals surface area contributed by atoms with Gasteiger partial charge in [-0.1, -0.05) is 17.7 Å². The molecule has 1 saturated heterocycles. The van der Waals surface area contributed by atoms with Gasteiger partial charge in [-0.2, -0.15) is 11.8 Å². The smallest absolute Gasteiger partial charge is 0.206 e. The molecule has 1 aliphatic rings. The summed E-state index contributed by atoms with van der Waals surface area (Å²) in [5.74, 6) is -0.929. The monoisotopic (exact) mass is 552 g/mol. The molecule has 0 saturated carbocycles. The molecule has 0 radical (unpaired) electrons. The number of imidazole rings is 1. The van der Waals surface area contributed by atoms with Crippen molar-refractivity contribution in [1.29, 1.82) is 0 Å². The van der Waals surface area contributed by atoms with Gasteiger partial charge in [0, 0.05) is 34.1 Å². The van der Waals surface area contributed by atoms with Gasteiger partial charge >= 0.3 is 0 Å². The first-order valence-corrected chi connectivity index (χ1v) is 11.1. The van der Waals surface area contributed by atoms with E-state index in [1.165, 1.54) is 22.7 Å². The van der Waals surface area contributed by atoms with Gasteiger partial charge in [0.15, 0.2) is 38.0 Å². The van der Waals surface area contributed by atoms with Crippen LogP contribution in [0, 0.1) is 3.83 Å². The second-order valence-corrected chi connectivity index (χ2v) is 8.95. The maximum atomic E-state index is 12.6. The summed E-state index contributed by atoms with van der Waals surface area (Å²) >= 11 is 9.32. The molecular weight excluding hydrogens is 535 g/mol. The molecule has 3 heterocycles. The molecular formula is C17H18ClIN4O5S. The first kappa shape index (κ1) is 22.6. The molecule has 0 aromatic carbocycles. The van der Waals surface area contributed by atoms with Crippen LogP contribution in [0.15, 0.2) is 19.0 Å². The van der Waals surface area contributed by atoms with Crippen LogP contribution in [0.3, 0.4) is 0 Å². The maximum Gasteiger partial charge on any atom is 0.206 e. The lowest BCUT2D eigenvalue weighted by atomic mass is 9.75. The summed E-state index contributed by atoms with van der Waals surface area (Å²) in [4.78, 5) is 37.5. The number of ketones is 2. The van der Waals surface area contributed by atoms with Gasteiger partial charge in [0.25, 0.3) is 0 Å². The highest BCUT2D eigenvalue weighted by atomic mass is 127. The predicted octanol–water partition coefficient (Wildman–Crippen LogP) is 1.54. The van der Waals surface area contributed by atoms with Crippen LogP contribution in [0.1, 0.15) is 20.1 Å². The van der Waals surface area contributed by atoms with E-state index >= 15 is 0 Å². The van der Waals surface area contributed by atoms with E-state index in [2.05, 4.69) is 21.5 Å². The zero-order valence-corrected chi connectivity index (χ0v) is 19.2. The summed E-state index contributed by atoms with van der Waals surface area (Å²) < 4.78 is 7.52. The predicted molar refractivity (Wildman–Crippen MR) is 116 cm³/mol. The number of nitrogens with zero attached hydrogens (tertiary/aromatic N) is 4. The molecule has 4 atom stereocenters. The molecule has 1 fully saturated rings. The molecule has 2 aromatic rings. The fourth-order valence-corrected chi connectivity index (χ4v) is 5.10. The van der Waals surface area contributed by atoms with Crippen molar-refractivity contribution in [1.82, 2.24) is 19.5 Å². The number of aliphatic hydroxyl groups is 2. The van der Waals surface area contributed by atoms with Crippen molar-refractivity contribution in [3.05, 3.63) is 28.0 Å². The molecule has 0 bridgehead atoms. The van der Waals surface area contributed by atoms with Gasteiger partial charge in [-0.15, -0.1) is 6.58 Å². The van der Waals surface area contributed by atoms with Crippen molar-refractivity contribution in [2.45, 2.75) is 37.4 Å². The highest BCUT2D eigenvalue weighted by Gasteiger charge is 2.71. The molecule has 0 aliphatic carbocycles. The molecule has 29 heavy (non-hydrogen) atoms. The molecule has 0 spiro atoms. The highest BCUT2D eigenvalue weighted by Crippen LogP contribution is 2.48. The number of rotatable bonds is 7. The number of Topliss-reactive ketones (excluding diaryl/α,β-unsaturated/α-hetero) is 2. The molecule has 2 N–H and O–H groups in total.